The van der Waals surface area contributed by atoms with E-state index in [0.717, 1.165) is 11.4 Å². The number of hydrogen-bond donors (Lipinski definition) is 1. The Morgan fingerprint density at radius 1 is 1.12 bits per heavy atom. The minimum absolute atomic E-state index is 0.0786. The number of carbonyl (C=O) groups excluding carboxylic acids is 1. The van der Waals surface area contributed by atoms with Gasteiger partial charge in [0.2, 0.25) is 0 Å². The van der Waals surface area contributed by atoms with Gasteiger partial charge in [0, 0.05) is 12.4 Å². The van der Waals surface area contributed by atoms with Gasteiger partial charge in [-0.05, 0) is 36.4 Å². The van der Waals surface area contributed by atoms with Crippen molar-refractivity contribution in [1.29, 1.82) is 0 Å². The van der Waals surface area contributed by atoms with Crippen LogP contribution in [0.1, 0.15) is 5.69 Å². The van der Waals surface area contributed by atoms with Gasteiger partial charge >= 0.3 is 0 Å². The van der Waals surface area contributed by atoms with E-state index in [9.17, 15) is 4.79 Å². The zero-order chi connectivity index (χ0) is 17.5. The molecule has 0 aliphatic carbocycles. The average molecular weight is 339 g/mol. The van der Waals surface area contributed by atoms with Gasteiger partial charge in [0.25, 0.3) is 5.91 Å². The molecule has 0 aliphatic heterocycles. The maximum absolute atomic E-state index is 11.9. The van der Waals surface area contributed by atoms with Crippen molar-refractivity contribution in [2.45, 2.75) is 6.54 Å². The van der Waals surface area contributed by atoms with E-state index in [1.807, 2.05) is 12.1 Å². The maximum atomic E-state index is 11.9. The number of amides is 1. The van der Waals surface area contributed by atoms with Crippen LogP contribution >= 0.6 is 0 Å². The van der Waals surface area contributed by atoms with E-state index < -0.39 is 0 Å². The van der Waals surface area contributed by atoms with E-state index in [0.29, 0.717) is 11.4 Å². The summed E-state index contributed by atoms with van der Waals surface area (Å²) in [5.41, 5.74) is 1.50. The fourth-order valence-electron chi connectivity index (χ4n) is 2.06. The number of nitrogens with zero attached hydrogens (tertiary/aromatic N) is 4. The van der Waals surface area contributed by atoms with E-state index in [-0.39, 0.29) is 19.1 Å². The number of hydrogen-bond acceptors (Lipinski definition) is 6. The Bertz CT molecular complexity index is 818. The van der Waals surface area contributed by atoms with Crippen LogP contribution in [0.5, 0.6) is 11.5 Å². The molecule has 0 unspecified atom stereocenters. The molecule has 0 atom stereocenters. The number of ether oxygens (including phenoxy) is 2. The summed E-state index contributed by atoms with van der Waals surface area (Å²) in [6, 6.07) is 10.7. The molecular weight excluding hydrogens is 322 g/mol. The molecule has 3 rings (SSSR count). The third kappa shape index (κ3) is 4.54. The summed E-state index contributed by atoms with van der Waals surface area (Å²) in [5, 5.41) is 10.8. The molecule has 1 amide bonds. The second-order valence-electron chi connectivity index (χ2n) is 5.10. The summed E-state index contributed by atoms with van der Waals surface area (Å²) in [5.74, 6) is 1.09. The Hall–Kier alpha value is -3.42. The van der Waals surface area contributed by atoms with Gasteiger partial charge in [0.05, 0.1) is 25.5 Å². The number of nitrogens with one attached hydrogen (secondary N) is 1. The van der Waals surface area contributed by atoms with Gasteiger partial charge in [0.1, 0.15) is 17.2 Å². The van der Waals surface area contributed by atoms with Crippen molar-refractivity contribution >= 4 is 5.91 Å². The van der Waals surface area contributed by atoms with Crippen molar-refractivity contribution in [2.24, 2.45) is 0 Å². The van der Waals surface area contributed by atoms with Gasteiger partial charge in [-0.3, -0.25) is 9.78 Å². The van der Waals surface area contributed by atoms with Crippen molar-refractivity contribution in [3.63, 3.8) is 0 Å². The molecule has 0 aliphatic rings. The van der Waals surface area contributed by atoms with Gasteiger partial charge in [-0.2, -0.15) is 0 Å². The molecular formula is C17H17N5O3. The van der Waals surface area contributed by atoms with E-state index in [1.54, 1.807) is 54.6 Å². The Morgan fingerprint density at radius 2 is 1.84 bits per heavy atom. The second kappa shape index (κ2) is 7.91. The SMILES string of the molecule is COc1ccc(OCC(=O)NCc2cn(-c3ccncc3)nn2)cc1. The van der Waals surface area contributed by atoms with E-state index in [4.69, 9.17) is 9.47 Å². The lowest BCUT2D eigenvalue weighted by Crippen LogP contribution is -2.28. The number of rotatable bonds is 7. The molecule has 2 heterocycles. The highest BCUT2D eigenvalue weighted by Gasteiger charge is 2.06. The van der Waals surface area contributed by atoms with Crippen LogP contribution in [0.25, 0.3) is 5.69 Å². The van der Waals surface area contributed by atoms with Gasteiger partial charge in [0.15, 0.2) is 6.61 Å². The molecule has 2 aromatic heterocycles. The predicted octanol–water partition coefficient (Wildman–Crippen LogP) is 1.37. The summed E-state index contributed by atoms with van der Waals surface area (Å²) in [6.07, 6.45) is 5.10. The first-order valence-electron chi connectivity index (χ1n) is 7.60. The number of carbonyl (C=O) groups is 1. The summed E-state index contributed by atoms with van der Waals surface area (Å²) in [4.78, 5) is 15.8. The van der Waals surface area contributed by atoms with E-state index in [1.165, 1.54) is 0 Å². The molecule has 0 saturated heterocycles. The largest absolute Gasteiger partial charge is 0.497 e. The monoisotopic (exact) mass is 339 g/mol. The first kappa shape index (κ1) is 16.4. The Labute approximate surface area is 144 Å². The Balaban J connectivity index is 1.46. The van der Waals surface area contributed by atoms with Gasteiger partial charge < -0.3 is 14.8 Å². The fraction of sp³-hybridized carbons (Fsp3) is 0.176. The molecule has 1 N–H and O–H groups in total. The van der Waals surface area contributed by atoms with Gasteiger partial charge in [-0.15, -0.1) is 5.10 Å². The number of benzene rings is 1. The zero-order valence-corrected chi connectivity index (χ0v) is 13.6. The molecule has 25 heavy (non-hydrogen) atoms. The first-order valence-corrected chi connectivity index (χ1v) is 7.60. The smallest absolute Gasteiger partial charge is 0.258 e. The molecule has 0 fully saturated rings. The number of aromatic nitrogens is 4. The molecule has 0 bridgehead atoms. The van der Waals surface area contributed by atoms with Gasteiger partial charge in [-0.1, -0.05) is 5.21 Å². The number of methoxy groups -OCH3 is 1. The topological polar surface area (TPSA) is 91.2 Å². The normalized spacial score (nSPS) is 10.3. The van der Waals surface area contributed by atoms with Crippen LogP contribution in [0.4, 0.5) is 0 Å². The highest BCUT2D eigenvalue weighted by Crippen LogP contribution is 2.16. The van der Waals surface area contributed by atoms with Gasteiger partial charge in [-0.25, -0.2) is 4.68 Å². The molecule has 3 aromatic rings. The highest BCUT2D eigenvalue weighted by atomic mass is 16.5. The predicted molar refractivity (Wildman–Crippen MR) is 89.5 cm³/mol. The highest BCUT2D eigenvalue weighted by molar-refractivity contribution is 5.77. The minimum atomic E-state index is -0.241. The van der Waals surface area contributed by atoms with Crippen LogP contribution in [0.15, 0.2) is 55.0 Å². The molecule has 8 nitrogen and oxygen atoms in total. The van der Waals surface area contributed by atoms with Crippen molar-refractivity contribution in [3.05, 3.63) is 60.7 Å². The van der Waals surface area contributed by atoms with Crippen LogP contribution in [-0.4, -0.2) is 39.6 Å². The van der Waals surface area contributed by atoms with Crippen LogP contribution in [-0.2, 0) is 11.3 Å². The first-order chi connectivity index (χ1) is 12.2. The van der Waals surface area contributed by atoms with Crippen molar-refractivity contribution < 1.29 is 14.3 Å². The average Bonchev–Trinajstić information content (AvgIpc) is 3.15. The maximum Gasteiger partial charge on any atom is 0.258 e. The Kier molecular flexibility index (Phi) is 5.20. The van der Waals surface area contributed by atoms with E-state index >= 15 is 0 Å². The van der Waals surface area contributed by atoms with Crippen molar-refractivity contribution in [1.82, 2.24) is 25.3 Å². The summed E-state index contributed by atoms with van der Waals surface area (Å²) >= 11 is 0. The van der Waals surface area contributed by atoms with Crippen LogP contribution < -0.4 is 14.8 Å². The molecule has 0 spiro atoms. The third-order valence-electron chi connectivity index (χ3n) is 3.36. The van der Waals surface area contributed by atoms with Crippen molar-refractivity contribution in [3.8, 4) is 17.2 Å². The van der Waals surface area contributed by atoms with Crippen LogP contribution in [0, 0.1) is 0 Å². The quantitative estimate of drug-likeness (QED) is 0.699. The molecule has 0 saturated carbocycles. The van der Waals surface area contributed by atoms with E-state index in [2.05, 4.69) is 20.6 Å². The molecule has 1 aromatic carbocycles. The second-order valence-corrected chi connectivity index (χ2v) is 5.10. The lowest BCUT2D eigenvalue weighted by Gasteiger charge is -2.07. The van der Waals surface area contributed by atoms with Crippen LogP contribution in [0.3, 0.4) is 0 Å². The molecule has 128 valence electrons. The van der Waals surface area contributed by atoms with Crippen molar-refractivity contribution in [2.75, 3.05) is 13.7 Å². The summed E-state index contributed by atoms with van der Waals surface area (Å²) < 4.78 is 12.1. The number of pyridine rings is 1. The molecule has 8 heteroatoms. The third-order valence-corrected chi connectivity index (χ3v) is 3.36. The summed E-state index contributed by atoms with van der Waals surface area (Å²) in [6.45, 7) is 0.195. The fourth-order valence-corrected chi connectivity index (χ4v) is 2.06. The lowest BCUT2D eigenvalue weighted by molar-refractivity contribution is -0.123. The summed E-state index contributed by atoms with van der Waals surface area (Å²) in [7, 11) is 1.59. The lowest BCUT2D eigenvalue weighted by atomic mass is 10.3. The van der Waals surface area contributed by atoms with Crippen LogP contribution in [0.2, 0.25) is 0 Å². The molecule has 0 radical (unpaired) electrons. The Morgan fingerprint density at radius 3 is 2.56 bits per heavy atom. The standard InChI is InChI=1S/C17H17N5O3/c1-24-15-2-4-16(5-3-15)25-12-17(23)19-10-13-11-22(21-20-13)14-6-8-18-9-7-14/h2-9,11H,10,12H2,1H3,(H,19,23). The zero-order valence-electron chi connectivity index (χ0n) is 13.6. The minimum Gasteiger partial charge on any atom is -0.497 e.